The largest absolute Gasteiger partial charge is 0.423 e. The van der Waals surface area contributed by atoms with Crippen LogP contribution in [-0.2, 0) is 24.3 Å². The Morgan fingerprint density at radius 3 is 1.60 bits per heavy atom. The van der Waals surface area contributed by atoms with Crippen LogP contribution in [0.15, 0.2) is 131 Å². The standard InChI is InChI=1S/C23H18F3N5O.C22H18F3N3O3/c1-2-22(32,23(24,25)26)21-14-31(30-29-21)13-15-8-9-18-19(16-6-4-3-5-7-16)11-17(12-27)28-20(18)10-15;1-2-21(30,22(23,24)25)19-13-28(27-26-19)12-14-8-9-16-17(15-6-4-3-5-7-15)11-20(29)31-18(16)10-14/h3-11,14,32H,2,13H2,1H3;3-11,13,30H,2,12H2,1H3. The van der Waals surface area contributed by atoms with Gasteiger partial charge >= 0.3 is 18.0 Å². The molecule has 4 heterocycles. The van der Waals surface area contributed by atoms with Crippen molar-refractivity contribution in [3.63, 3.8) is 0 Å². The molecule has 0 aliphatic rings. The summed E-state index contributed by atoms with van der Waals surface area (Å²) in [5, 5.41) is 45.6. The minimum Gasteiger partial charge on any atom is -0.423 e. The second kappa shape index (κ2) is 17.3. The van der Waals surface area contributed by atoms with Crippen LogP contribution in [0, 0.1) is 11.3 Å². The first kappa shape index (κ1) is 43.8. The Morgan fingerprint density at radius 1 is 0.651 bits per heavy atom. The van der Waals surface area contributed by atoms with Gasteiger partial charge in [-0.05, 0) is 64.4 Å². The highest BCUT2D eigenvalue weighted by Gasteiger charge is 2.56. The maximum atomic E-state index is 13.3. The molecule has 2 atom stereocenters. The first-order valence-electron chi connectivity index (χ1n) is 19.4. The molecule has 0 fully saturated rings. The number of nitrogens with zero attached hydrogens (tertiary/aromatic N) is 8. The van der Waals surface area contributed by atoms with Crippen molar-refractivity contribution in [1.82, 2.24) is 35.0 Å². The molecular formula is C45H36F6N8O4. The van der Waals surface area contributed by atoms with Crippen molar-refractivity contribution < 1.29 is 41.0 Å². The van der Waals surface area contributed by atoms with E-state index in [1.165, 1.54) is 29.3 Å². The van der Waals surface area contributed by atoms with Gasteiger partial charge in [0.2, 0.25) is 11.2 Å². The van der Waals surface area contributed by atoms with Gasteiger partial charge in [-0.25, -0.2) is 19.1 Å². The van der Waals surface area contributed by atoms with Crippen LogP contribution in [0.25, 0.3) is 44.1 Å². The summed E-state index contributed by atoms with van der Waals surface area (Å²) in [5.41, 5.74) is -1.81. The predicted octanol–water partition coefficient (Wildman–Crippen LogP) is 8.83. The summed E-state index contributed by atoms with van der Waals surface area (Å²) in [7, 11) is 0. The van der Waals surface area contributed by atoms with E-state index < -0.39 is 53.4 Å². The molecule has 0 aliphatic carbocycles. The minimum atomic E-state index is -4.87. The summed E-state index contributed by atoms with van der Waals surface area (Å²) in [5.74, 6) is 0. The molecule has 4 aromatic heterocycles. The van der Waals surface area contributed by atoms with E-state index in [4.69, 9.17) is 4.42 Å². The molecule has 0 amide bonds. The van der Waals surface area contributed by atoms with Gasteiger partial charge in [-0.3, -0.25) is 0 Å². The highest BCUT2D eigenvalue weighted by atomic mass is 19.4. The van der Waals surface area contributed by atoms with Crippen molar-refractivity contribution in [3.05, 3.63) is 160 Å². The highest BCUT2D eigenvalue weighted by Crippen LogP contribution is 2.41. The third-order valence-corrected chi connectivity index (χ3v) is 10.5. The van der Waals surface area contributed by atoms with E-state index in [0.29, 0.717) is 22.2 Å². The van der Waals surface area contributed by atoms with Crippen LogP contribution in [0.2, 0.25) is 0 Å². The monoisotopic (exact) mass is 866 g/mol. The zero-order chi connectivity index (χ0) is 45.2. The molecule has 0 radical (unpaired) electrons. The van der Waals surface area contributed by atoms with Crippen LogP contribution >= 0.6 is 0 Å². The molecule has 0 saturated heterocycles. The molecule has 4 aromatic carbocycles. The van der Waals surface area contributed by atoms with Crippen molar-refractivity contribution in [1.29, 1.82) is 5.26 Å². The van der Waals surface area contributed by atoms with Crippen LogP contribution < -0.4 is 5.63 Å². The number of pyridine rings is 1. The molecule has 0 bridgehead atoms. The van der Waals surface area contributed by atoms with Crippen molar-refractivity contribution in [2.75, 3.05) is 0 Å². The molecule has 322 valence electrons. The summed E-state index contributed by atoms with van der Waals surface area (Å²) < 4.78 is 87.4. The number of hydrogen-bond acceptors (Lipinski definition) is 10. The van der Waals surface area contributed by atoms with Gasteiger partial charge in [-0.1, -0.05) is 109 Å². The maximum Gasteiger partial charge on any atom is 0.423 e. The van der Waals surface area contributed by atoms with Gasteiger partial charge in [0.05, 0.1) is 31.0 Å². The van der Waals surface area contributed by atoms with Crippen molar-refractivity contribution in [2.45, 2.75) is 63.3 Å². The second-order valence-corrected chi connectivity index (χ2v) is 14.6. The van der Waals surface area contributed by atoms with Gasteiger partial charge in [-0.15, -0.1) is 10.2 Å². The number of fused-ring (bicyclic) bond motifs is 2. The Kier molecular flexibility index (Phi) is 12.0. The van der Waals surface area contributed by atoms with Crippen LogP contribution in [0.5, 0.6) is 0 Å². The summed E-state index contributed by atoms with van der Waals surface area (Å²) in [6, 6.07) is 34.8. The Bertz CT molecular complexity index is 3000. The lowest BCUT2D eigenvalue weighted by atomic mass is 9.96. The zero-order valence-electron chi connectivity index (χ0n) is 33.4. The number of nitriles is 1. The van der Waals surface area contributed by atoms with E-state index in [-0.39, 0.29) is 18.8 Å². The second-order valence-electron chi connectivity index (χ2n) is 14.6. The number of benzene rings is 4. The van der Waals surface area contributed by atoms with E-state index in [0.717, 1.165) is 45.4 Å². The number of hydrogen-bond donors (Lipinski definition) is 2. The van der Waals surface area contributed by atoms with Crippen molar-refractivity contribution in [3.8, 4) is 28.3 Å². The smallest absolute Gasteiger partial charge is 0.423 e. The van der Waals surface area contributed by atoms with Gasteiger partial charge < -0.3 is 14.6 Å². The fraction of sp³-hybridized carbons (Fsp3) is 0.222. The number of alkyl halides is 6. The van der Waals surface area contributed by atoms with Crippen LogP contribution in [0.3, 0.4) is 0 Å². The van der Waals surface area contributed by atoms with E-state index in [1.54, 1.807) is 30.3 Å². The molecule has 2 unspecified atom stereocenters. The lowest BCUT2D eigenvalue weighted by molar-refractivity contribution is -0.269. The number of halogens is 6. The normalized spacial score (nSPS) is 13.8. The maximum absolute atomic E-state index is 13.3. The van der Waals surface area contributed by atoms with E-state index in [2.05, 4.69) is 31.7 Å². The molecule has 18 heteroatoms. The fourth-order valence-corrected chi connectivity index (χ4v) is 7.01. The Labute approximate surface area is 354 Å². The summed E-state index contributed by atoms with van der Waals surface area (Å²) >= 11 is 0. The van der Waals surface area contributed by atoms with Gasteiger partial charge in [0.25, 0.3) is 0 Å². The summed E-state index contributed by atoms with van der Waals surface area (Å²) in [6.45, 7) is 2.67. The average Bonchev–Trinajstić information content (AvgIpc) is 3.95. The van der Waals surface area contributed by atoms with E-state index in [1.807, 2.05) is 72.8 Å². The number of aromatic nitrogens is 7. The van der Waals surface area contributed by atoms with Gasteiger partial charge in [0.15, 0.2) is 0 Å². The SMILES string of the molecule is CCC(O)(c1cn(Cc2ccc3c(-c4ccccc4)cc(=O)oc3c2)nn1)C(F)(F)F.CCC(O)(c1cn(Cc2ccc3c(-c4ccccc4)cc(C#N)nc3c2)nn1)C(F)(F)F. The number of rotatable bonds is 10. The lowest BCUT2D eigenvalue weighted by Gasteiger charge is -2.26. The average molecular weight is 867 g/mol. The van der Waals surface area contributed by atoms with Gasteiger partial charge in [-0.2, -0.15) is 31.6 Å². The molecule has 0 saturated carbocycles. The van der Waals surface area contributed by atoms with Crippen molar-refractivity contribution >= 4 is 21.9 Å². The molecule has 2 N–H and O–H groups in total. The molecule has 0 aliphatic heterocycles. The van der Waals surface area contributed by atoms with Crippen LogP contribution in [0.1, 0.15) is 54.9 Å². The Balaban J connectivity index is 0.000000189. The molecule has 12 nitrogen and oxygen atoms in total. The minimum absolute atomic E-state index is 0.0832. The third kappa shape index (κ3) is 8.92. The first-order chi connectivity index (χ1) is 30.0. The topological polar surface area (TPSA) is 169 Å². The highest BCUT2D eigenvalue weighted by molar-refractivity contribution is 5.95. The molecule has 8 rings (SSSR count). The quantitative estimate of drug-likeness (QED) is 0.100. The molecular weight excluding hydrogens is 831 g/mol. The van der Waals surface area contributed by atoms with E-state index >= 15 is 0 Å². The van der Waals surface area contributed by atoms with Gasteiger partial charge in [0.1, 0.15) is 28.7 Å². The molecule has 8 aromatic rings. The van der Waals surface area contributed by atoms with Crippen LogP contribution in [-0.4, -0.2) is 57.5 Å². The van der Waals surface area contributed by atoms with Crippen LogP contribution in [0.4, 0.5) is 26.3 Å². The zero-order valence-corrected chi connectivity index (χ0v) is 33.4. The molecule has 0 spiro atoms. The molecule has 63 heavy (non-hydrogen) atoms. The fourth-order valence-electron chi connectivity index (χ4n) is 7.01. The van der Waals surface area contributed by atoms with Gasteiger partial charge in [0, 0.05) is 16.8 Å². The van der Waals surface area contributed by atoms with E-state index in [9.17, 15) is 46.6 Å². The third-order valence-electron chi connectivity index (χ3n) is 10.5. The Hall–Kier alpha value is -7.23. The predicted molar refractivity (Wildman–Crippen MR) is 219 cm³/mol. The first-order valence-corrected chi connectivity index (χ1v) is 19.4. The summed E-state index contributed by atoms with van der Waals surface area (Å²) in [6.07, 6.45) is -8.74. The van der Waals surface area contributed by atoms with Crippen molar-refractivity contribution in [2.24, 2.45) is 0 Å². The number of aliphatic hydroxyl groups is 2. The summed E-state index contributed by atoms with van der Waals surface area (Å²) in [4.78, 5) is 16.4. The lowest BCUT2D eigenvalue weighted by Crippen LogP contribution is -2.42. The Morgan fingerprint density at radius 2 is 1.13 bits per heavy atom.